The second kappa shape index (κ2) is 6.47. The molecule has 122 valence electrons. The fraction of sp³-hybridized carbons (Fsp3) is 0.0526. The van der Waals surface area contributed by atoms with E-state index in [0.717, 1.165) is 22.4 Å². The van der Waals surface area contributed by atoms with E-state index in [-0.39, 0.29) is 4.90 Å². The highest BCUT2D eigenvalue weighted by Crippen LogP contribution is 2.36. The molecule has 0 radical (unpaired) electrons. The molecule has 0 aliphatic heterocycles. The first-order valence-electron chi connectivity index (χ1n) is 7.36. The Kier molecular flexibility index (Phi) is 4.38. The lowest BCUT2D eigenvalue weighted by Crippen LogP contribution is -2.13. The molecule has 0 aliphatic carbocycles. The fourth-order valence-corrected chi connectivity index (χ4v) is 3.45. The molecule has 3 rings (SSSR count). The van der Waals surface area contributed by atoms with Crippen LogP contribution in [0.5, 0.6) is 5.75 Å². The third kappa shape index (κ3) is 3.18. The van der Waals surface area contributed by atoms with E-state index in [1.807, 2.05) is 48.5 Å². The van der Waals surface area contributed by atoms with Crippen molar-refractivity contribution in [3.8, 4) is 28.0 Å². The molecule has 0 aliphatic rings. The summed E-state index contributed by atoms with van der Waals surface area (Å²) in [5, 5.41) is 5.38. The molecule has 4 nitrogen and oxygen atoms in total. The van der Waals surface area contributed by atoms with E-state index in [4.69, 9.17) is 9.88 Å². The van der Waals surface area contributed by atoms with Crippen LogP contribution in [-0.2, 0) is 10.0 Å². The Labute approximate surface area is 141 Å². The van der Waals surface area contributed by atoms with Gasteiger partial charge in [0.15, 0.2) is 0 Å². The van der Waals surface area contributed by atoms with E-state index in [1.54, 1.807) is 25.3 Å². The average Bonchev–Trinajstić information content (AvgIpc) is 2.61. The van der Waals surface area contributed by atoms with Gasteiger partial charge in [0.05, 0.1) is 12.0 Å². The van der Waals surface area contributed by atoms with Crippen LogP contribution in [0.4, 0.5) is 0 Å². The predicted molar refractivity (Wildman–Crippen MR) is 95.2 cm³/mol. The molecule has 3 aromatic rings. The predicted octanol–water partition coefficient (Wildman–Crippen LogP) is 3.68. The van der Waals surface area contributed by atoms with Gasteiger partial charge in [-0.15, -0.1) is 0 Å². The van der Waals surface area contributed by atoms with Crippen molar-refractivity contribution in [2.24, 2.45) is 5.14 Å². The molecular weight excluding hydrogens is 322 g/mol. The SMILES string of the molecule is COc1cccc(-c2ccccc2-c2ccccc2S(N)(=O)=O)c1. The standard InChI is InChI=1S/C19H17NO3S/c1-23-15-8-6-7-14(13-15)16-9-2-3-10-17(16)18-11-4-5-12-19(18)24(20,21)22/h2-13H,1H3,(H2,20,21,22). The van der Waals surface area contributed by atoms with Crippen molar-refractivity contribution < 1.29 is 13.2 Å². The van der Waals surface area contributed by atoms with Gasteiger partial charge in [-0.05, 0) is 34.9 Å². The van der Waals surface area contributed by atoms with Crippen LogP contribution in [0.15, 0.2) is 77.7 Å². The molecule has 0 heterocycles. The lowest BCUT2D eigenvalue weighted by molar-refractivity contribution is 0.415. The highest BCUT2D eigenvalue weighted by atomic mass is 32.2. The summed E-state index contributed by atoms with van der Waals surface area (Å²) >= 11 is 0. The van der Waals surface area contributed by atoms with Crippen molar-refractivity contribution in [2.75, 3.05) is 7.11 Å². The zero-order valence-corrected chi connectivity index (χ0v) is 14.0. The minimum atomic E-state index is -3.82. The van der Waals surface area contributed by atoms with Crippen LogP contribution in [0.25, 0.3) is 22.3 Å². The minimum Gasteiger partial charge on any atom is -0.497 e. The zero-order chi connectivity index (χ0) is 17.2. The smallest absolute Gasteiger partial charge is 0.238 e. The number of benzene rings is 3. The maximum atomic E-state index is 11.9. The number of sulfonamides is 1. The van der Waals surface area contributed by atoms with Gasteiger partial charge in [0, 0.05) is 5.56 Å². The molecule has 0 atom stereocenters. The van der Waals surface area contributed by atoms with Gasteiger partial charge in [-0.1, -0.05) is 54.6 Å². The van der Waals surface area contributed by atoms with E-state index in [0.29, 0.717) is 5.56 Å². The van der Waals surface area contributed by atoms with Crippen LogP contribution in [0.3, 0.4) is 0 Å². The summed E-state index contributed by atoms with van der Waals surface area (Å²) in [6.45, 7) is 0. The maximum Gasteiger partial charge on any atom is 0.238 e. The van der Waals surface area contributed by atoms with Gasteiger partial charge in [-0.2, -0.15) is 0 Å². The van der Waals surface area contributed by atoms with Crippen molar-refractivity contribution in [3.63, 3.8) is 0 Å². The molecule has 3 aromatic carbocycles. The molecule has 0 aromatic heterocycles. The van der Waals surface area contributed by atoms with Gasteiger partial charge in [0.2, 0.25) is 10.0 Å². The van der Waals surface area contributed by atoms with Crippen LogP contribution in [-0.4, -0.2) is 15.5 Å². The van der Waals surface area contributed by atoms with Gasteiger partial charge in [0.25, 0.3) is 0 Å². The lowest BCUT2D eigenvalue weighted by Gasteiger charge is -2.13. The van der Waals surface area contributed by atoms with E-state index in [9.17, 15) is 8.42 Å². The monoisotopic (exact) mass is 339 g/mol. The van der Waals surface area contributed by atoms with Crippen molar-refractivity contribution in [3.05, 3.63) is 72.8 Å². The van der Waals surface area contributed by atoms with Crippen LogP contribution < -0.4 is 9.88 Å². The lowest BCUT2D eigenvalue weighted by atomic mass is 9.94. The molecule has 2 N–H and O–H groups in total. The van der Waals surface area contributed by atoms with Crippen molar-refractivity contribution >= 4 is 10.0 Å². The normalized spacial score (nSPS) is 11.2. The highest BCUT2D eigenvalue weighted by Gasteiger charge is 2.17. The van der Waals surface area contributed by atoms with Gasteiger partial charge in [0.1, 0.15) is 5.75 Å². The van der Waals surface area contributed by atoms with Crippen LogP contribution >= 0.6 is 0 Å². The van der Waals surface area contributed by atoms with E-state index >= 15 is 0 Å². The quantitative estimate of drug-likeness (QED) is 0.788. The number of methoxy groups -OCH3 is 1. The first-order chi connectivity index (χ1) is 11.5. The molecular formula is C19H17NO3S. The van der Waals surface area contributed by atoms with E-state index < -0.39 is 10.0 Å². The number of nitrogens with two attached hydrogens (primary N) is 1. The molecule has 0 fully saturated rings. The number of ether oxygens (including phenoxy) is 1. The molecule has 5 heteroatoms. The minimum absolute atomic E-state index is 0.111. The molecule has 24 heavy (non-hydrogen) atoms. The number of hydrogen-bond donors (Lipinski definition) is 1. The summed E-state index contributed by atoms with van der Waals surface area (Å²) in [5.74, 6) is 0.738. The third-order valence-electron chi connectivity index (χ3n) is 3.79. The van der Waals surface area contributed by atoms with Gasteiger partial charge in [-0.3, -0.25) is 0 Å². The van der Waals surface area contributed by atoms with E-state index in [1.165, 1.54) is 6.07 Å². The topological polar surface area (TPSA) is 69.4 Å². The summed E-state index contributed by atoms with van der Waals surface area (Å²) < 4.78 is 29.2. The first kappa shape index (κ1) is 16.2. The molecule has 0 saturated heterocycles. The molecule has 0 unspecified atom stereocenters. The largest absolute Gasteiger partial charge is 0.497 e. The molecule has 0 saturated carbocycles. The third-order valence-corrected chi connectivity index (χ3v) is 4.76. The van der Waals surface area contributed by atoms with Crippen LogP contribution in [0, 0.1) is 0 Å². The number of primary sulfonamides is 1. The van der Waals surface area contributed by atoms with Gasteiger partial charge >= 0.3 is 0 Å². The number of hydrogen-bond acceptors (Lipinski definition) is 3. The first-order valence-corrected chi connectivity index (χ1v) is 8.91. The van der Waals surface area contributed by atoms with Crippen molar-refractivity contribution in [1.29, 1.82) is 0 Å². The summed E-state index contributed by atoms with van der Waals surface area (Å²) in [6.07, 6.45) is 0. The summed E-state index contributed by atoms with van der Waals surface area (Å²) in [6, 6.07) is 22.0. The fourth-order valence-electron chi connectivity index (χ4n) is 2.70. The summed E-state index contributed by atoms with van der Waals surface area (Å²) in [4.78, 5) is 0.111. The van der Waals surface area contributed by atoms with Crippen molar-refractivity contribution in [1.82, 2.24) is 0 Å². The Morgan fingerprint density at radius 2 is 1.42 bits per heavy atom. The Hall–Kier alpha value is -2.63. The molecule has 0 amide bonds. The van der Waals surface area contributed by atoms with Crippen molar-refractivity contribution in [2.45, 2.75) is 4.90 Å². The second-order valence-electron chi connectivity index (χ2n) is 5.32. The van der Waals surface area contributed by atoms with E-state index in [2.05, 4.69) is 0 Å². The Balaban J connectivity index is 2.25. The average molecular weight is 339 g/mol. The number of rotatable bonds is 4. The zero-order valence-electron chi connectivity index (χ0n) is 13.1. The Morgan fingerprint density at radius 3 is 2.08 bits per heavy atom. The Morgan fingerprint density at radius 1 is 0.792 bits per heavy atom. The second-order valence-corrected chi connectivity index (χ2v) is 6.85. The van der Waals surface area contributed by atoms with Crippen LogP contribution in [0.2, 0.25) is 0 Å². The maximum absolute atomic E-state index is 11.9. The summed E-state index contributed by atoms with van der Waals surface area (Å²) in [5.41, 5.74) is 3.23. The summed E-state index contributed by atoms with van der Waals surface area (Å²) in [7, 11) is -2.21. The van der Waals surface area contributed by atoms with Gasteiger partial charge < -0.3 is 4.74 Å². The Bertz CT molecular complexity index is 981. The highest BCUT2D eigenvalue weighted by molar-refractivity contribution is 7.89. The molecule has 0 spiro atoms. The van der Waals surface area contributed by atoms with Gasteiger partial charge in [-0.25, -0.2) is 13.6 Å². The molecule has 0 bridgehead atoms. The van der Waals surface area contributed by atoms with Crippen LogP contribution in [0.1, 0.15) is 0 Å².